The summed E-state index contributed by atoms with van der Waals surface area (Å²) in [7, 11) is 0. The highest BCUT2D eigenvalue weighted by Crippen LogP contribution is 2.35. The molecule has 0 aliphatic carbocycles. The summed E-state index contributed by atoms with van der Waals surface area (Å²) in [4.78, 5) is 24.6. The van der Waals surface area contributed by atoms with Crippen LogP contribution in [-0.4, -0.2) is 22.6 Å². The molecule has 1 amide bonds. The minimum atomic E-state index is -0.399. The van der Waals surface area contributed by atoms with E-state index in [4.69, 9.17) is 4.74 Å². The second-order valence-electron chi connectivity index (χ2n) is 7.19. The molecule has 1 aliphatic heterocycles. The number of nitrogens with zero attached hydrogens (tertiary/aromatic N) is 2. The van der Waals surface area contributed by atoms with Gasteiger partial charge in [-0.15, -0.1) is 0 Å². The molecule has 1 atom stereocenters. The number of para-hydroxylation sites is 1. The van der Waals surface area contributed by atoms with Gasteiger partial charge in [0.1, 0.15) is 5.75 Å². The van der Waals surface area contributed by atoms with E-state index in [2.05, 4.69) is 5.10 Å². The number of carbonyl (C=O) groups is 2. The molecular weight excluding hydrogens is 388 g/mol. The number of hydrogen-bond donors (Lipinski definition) is 0. The number of rotatable bonds is 5. The van der Waals surface area contributed by atoms with Gasteiger partial charge >= 0.3 is 5.97 Å². The Morgan fingerprint density at radius 1 is 0.935 bits per heavy atom. The normalized spacial score (nSPS) is 15.7. The molecule has 31 heavy (non-hydrogen) atoms. The number of hydrogen-bond acceptors (Lipinski definition) is 4. The molecule has 0 saturated carbocycles. The Morgan fingerprint density at radius 2 is 1.58 bits per heavy atom. The van der Waals surface area contributed by atoms with Crippen molar-refractivity contribution in [3.05, 3.63) is 108 Å². The smallest absolute Gasteiger partial charge is 0.308 e. The van der Waals surface area contributed by atoms with Gasteiger partial charge in [0.2, 0.25) is 0 Å². The van der Waals surface area contributed by atoms with E-state index in [0.29, 0.717) is 23.4 Å². The van der Waals surface area contributed by atoms with E-state index < -0.39 is 5.97 Å². The molecule has 3 aromatic carbocycles. The molecule has 4 rings (SSSR count). The first kappa shape index (κ1) is 20.3. The molecular formula is C26H22N2O3. The second-order valence-corrected chi connectivity index (χ2v) is 7.19. The lowest BCUT2D eigenvalue weighted by molar-refractivity contribution is -0.132. The summed E-state index contributed by atoms with van der Waals surface area (Å²) < 4.78 is 5.36. The maximum absolute atomic E-state index is 13.1. The Balaban J connectivity index is 1.68. The zero-order valence-corrected chi connectivity index (χ0v) is 17.1. The Hall–Kier alpha value is -3.99. The maximum atomic E-state index is 13.1. The van der Waals surface area contributed by atoms with E-state index in [9.17, 15) is 9.59 Å². The van der Waals surface area contributed by atoms with Gasteiger partial charge in [-0.1, -0.05) is 72.8 Å². The summed E-state index contributed by atoms with van der Waals surface area (Å²) >= 11 is 0. The van der Waals surface area contributed by atoms with Crippen LogP contribution in [0.2, 0.25) is 0 Å². The summed E-state index contributed by atoms with van der Waals surface area (Å²) in [6, 6.07) is 26.5. The van der Waals surface area contributed by atoms with Gasteiger partial charge in [-0.3, -0.25) is 9.59 Å². The largest absolute Gasteiger partial charge is 0.426 e. The Kier molecular flexibility index (Phi) is 6.03. The van der Waals surface area contributed by atoms with Crippen LogP contribution in [0.4, 0.5) is 0 Å². The molecule has 1 aliphatic rings. The molecule has 5 nitrogen and oxygen atoms in total. The quantitative estimate of drug-likeness (QED) is 0.338. The van der Waals surface area contributed by atoms with Gasteiger partial charge in [0.15, 0.2) is 0 Å². The lowest BCUT2D eigenvalue weighted by Crippen LogP contribution is -2.25. The Bertz CT molecular complexity index is 1140. The van der Waals surface area contributed by atoms with Crippen molar-refractivity contribution >= 4 is 23.7 Å². The minimum absolute atomic E-state index is 0.210. The van der Waals surface area contributed by atoms with Gasteiger partial charge in [0.25, 0.3) is 5.91 Å². The first-order valence-corrected chi connectivity index (χ1v) is 10.1. The predicted molar refractivity (Wildman–Crippen MR) is 120 cm³/mol. The molecule has 154 valence electrons. The van der Waals surface area contributed by atoms with Crippen LogP contribution in [-0.2, 0) is 9.59 Å². The monoisotopic (exact) mass is 410 g/mol. The average molecular weight is 410 g/mol. The minimum Gasteiger partial charge on any atom is -0.426 e. The maximum Gasteiger partial charge on any atom is 0.308 e. The topological polar surface area (TPSA) is 59.0 Å². The number of benzene rings is 3. The third-order valence-electron chi connectivity index (χ3n) is 4.99. The number of carbonyl (C=O) groups excluding carboxylic acids is 2. The van der Waals surface area contributed by atoms with Crippen molar-refractivity contribution < 1.29 is 14.3 Å². The van der Waals surface area contributed by atoms with Gasteiger partial charge in [0.05, 0.1) is 11.8 Å². The molecule has 3 aromatic rings. The van der Waals surface area contributed by atoms with Gasteiger partial charge in [-0.05, 0) is 29.3 Å². The predicted octanol–water partition coefficient (Wildman–Crippen LogP) is 5.00. The summed E-state index contributed by atoms with van der Waals surface area (Å²) in [5.41, 5.74) is 3.34. The van der Waals surface area contributed by atoms with Crippen LogP contribution in [0.15, 0.2) is 96.1 Å². The highest BCUT2D eigenvalue weighted by atomic mass is 16.5. The van der Waals surface area contributed by atoms with Crippen molar-refractivity contribution in [3.8, 4) is 5.75 Å². The molecule has 0 fully saturated rings. The van der Waals surface area contributed by atoms with Crippen LogP contribution in [0.1, 0.15) is 36.1 Å². The number of amides is 1. The first-order chi connectivity index (χ1) is 15.1. The third kappa shape index (κ3) is 4.78. The standard InChI is InChI=1S/C26H22N2O3/c1-19(29)31-25-15-9-8-14-22(25)23-18-24(21-12-6-3-7-13-21)28(27-23)26(30)17-16-20-10-4-2-5-11-20/h2-17,24H,18H2,1H3/b17-16+. The second kappa shape index (κ2) is 9.22. The molecule has 0 radical (unpaired) electrons. The third-order valence-corrected chi connectivity index (χ3v) is 4.99. The summed E-state index contributed by atoms with van der Waals surface area (Å²) in [6.45, 7) is 1.37. The van der Waals surface area contributed by atoms with Crippen molar-refractivity contribution in [3.63, 3.8) is 0 Å². The van der Waals surface area contributed by atoms with Crippen molar-refractivity contribution in [2.75, 3.05) is 0 Å². The summed E-state index contributed by atoms with van der Waals surface area (Å²) in [6.07, 6.45) is 3.84. The zero-order chi connectivity index (χ0) is 21.6. The van der Waals surface area contributed by atoms with Crippen LogP contribution in [0, 0.1) is 0 Å². The molecule has 5 heteroatoms. The van der Waals surface area contributed by atoms with E-state index in [0.717, 1.165) is 11.1 Å². The van der Waals surface area contributed by atoms with Crippen molar-refractivity contribution in [2.45, 2.75) is 19.4 Å². The lowest BCUT2D eigenvalue weighted by Gasteiger charge is -2.20. The molecule has 0 aromatic heterocycles. The molecule has 1 heterocycles. The van der Waals surface area contributed by atoms with E-state index in [-0.39, 0.29) is 11.9 Å². The van der Waals surface area contributed by atoms with Crippen LogP contribution < -0.4 is 4.74 Å². The van der Waals surface area contributed by atoms with Crippen LogP contribution in [0.3, 0.4) is 0 Å². The molecule has 0 spiro atoms. The van der Waals surface area contributed by atoms with E-state index >= 15 is 0 Å². The fraction of sp³-hybridized carbons (Fsp3) is 0.115. The number of ether oxygens (including phenoxy) is 1. The fourth-order valence-corrected chi connectivity index (χ4v) is 3.57. The fourth-order valence-electron chi connectivity index (χ4n) is 3.57. The Morgan fingerprint density at radius 3 is 2.29 bits per heavy atom. The van der Waals surface area contributed by atoms with Gasteiger partial charge in [0, 0.05) is 25.0 Å². The van der Waals surface area contributed by atoms with E-state index in [1.165, 1.54) is 18.0 Å². The van der Waals surface area contributed by atoms with Crippen molar-refractivity contribution in [2.24, 2.45) is 5.10 Å². The lowest BCUT2D eigenvalue weighted by atomic mass is 9.98. The molecule has 1 unspecified atom stereocenters. The van der Waals surface area contributed by atoms with E-state index in [1.807, 2.05) is 72.8 Å². The van der Waals surface area contributed by atoms with Crippen LogP contribution in [0.25, 0.3) is 6.08 Å². The zero-order valence-electron chi connectivity index (χ0n) is 17.1. The van der Waals surface area contributed by atoms with Crippen molar-refractivity contribution in [1.82, 2.24) is 5.01 Å². The van der Waals surface area contributed by atoms with Crippen LogP contribution >= 0.6 is 0 Å². The Labute approximate surface area is 181 Å². The van der Waals surface area contributed by atoms with E-state index in [1.54, 1.807) is 18.2 Å². The van der Waals surface area contributed by atoms with Crippen molar-refractivity contribution in [1.29, 1.82) is 0 Å². The highest BCUT2D eigenvalue weighted by molar-refractivity contribution is 6.06. The molecule has 0 N–H and O–H groups in total. The van der Waals surface area contributed by atoms with Gasteiger partial charge in [-0.2, -0.15) is 5.10 Å². The molecule has 0 saturated heterocycles. The van der Waals surface area contributed by atoms with Crippen LogP contribution in [0.5, 0.6) is 5.75 Å². The number of esters is 1. The SMILES string of the molecule is CC(=O)Oc1ccccc1C1=NN(C(=O)/C=C/c2ccccc2)C(c2ccccc2)C1. The van der Waals surface area contributed by atoms with Gasteiger partial charge < -0.3 is 4.74 Å². The molecule has 0 bridgehead atoms. The number of hydrazone groups is 1. The average Bonchev–Trinajstić information content (AvgIpc) is 3.24. The summed E-state index contributed by atoms with van der Waals surface area (Å²) in [5, 5.41) is 6.16. The summed E-state index contributed by atoms with van der Waals surface area (Å²) in [5.74, 6) is -0.170. The first-order valence-electron chi connectivity index (χ1n) is 10.1. The highest BCUT2D eigenvalue weighted by Gasteiger charge is 2.33. The van der Waals surface area contributed by atoms with Gasteiger partial charge in [-0.25, -0.2) is 5.01 Å².